The smallest absolute Gasteiger partial charge is 0.301 e. The molecular formula is C27H26N2O6S. The van der Waals surface area contributed by atoms with Gasteiger partial charge in [-0.15, -0.1) is 11.3 Å². The van der Waals surface area contributed by atoms with Crippen LogP contribution in [0.2, 0.25) is 0 Å². The molecule has 0 aliphatic carbocycles. The van der Waals surface area contributed by atoms with E-state index >= 15 is 0 Å². The highest BCUT2D eigenvalue weighted by atomic mass is 32.1. The molecule has 1 unspecified atom stereocenters. The molecule has 9 heteroatoms. The second-order valence-corrected chi connectivity index (χ2v) is 9.82. The highest BCUT2D eigenvalue weighted by Crippen LogP contribution is 2.44. The highest BCUT2D eigenvalue weighted by Gasteiger charge is 2.48. The largest absolute Gasteiger partial charge is 0.507 e. The van der Waals surface area contributed by atoms with Gasteiger partial charge >= 0.3 is 5.91 Å². The Labute approximate surface area is 212 Å². The van der Waals surface area contributed by atoms with Crippen LogP contribution >= 0.6 is 11.3 Å². The van der Waals surface area contributed by atoms with Gasteiger partial charge in [0.15, 0.2) is 16.6 Å². The van der Waals surface area contributed by atoms with Crippen LogP contribution in [0.5, 0.6) is 17.2 Å². The van der Waals surface area contributed by atoms with Crippen LogP contribution in [0.1, 0.15) is 37.4 Å². The van der Waals surface area contributed by atoms with E-state index in [9.17, 15) is 14.7 Å². The summed E-state index contributed by atoms with van der Waals surface area (Å²) in [6.07, 6.45) is 2.47. The fourth-order valence-corrected chi connectivity index (χ4v) is 4.88. The van der Waals surface area contributed by atoms with Gasteiger partial charge in [0.2, 0.25) is 0 Å². The maximum atomic E-state index is 13.3. The van der Waals surface area contributed by atoms with E-state index in [1.807, 2.05) is 18.2 Å². The number of aliphatic hydroxyl groups excluding tert-OH is 1. The number of anilines is 1. The number of rotatable bonds is 7. The molecule has 8 nitrogen and oxygen atoms in total. The summed E-state index contributed by atoms with van der Waals surface area (Å²) >= 11 is 1.24. The third-order valence-corrected chi connectivity index (χ3v) is 6.79. The summed E-state index contributed by atoms with van der Waals surface area (Å²) in [4.78, 5) is 32.1. The van der Waals surface area contributed by atoms with E-state index in [-0.39, 0.29) is 11.3 Å². The van der Waals surface area contributed by atoms with Crippen LogP contribution in [0.3, 0.4) is 0 Å². The van der Waals surface area contributed by atoms with Gasteiger partial charge in [0.25, 0.3) is 5.78 Å². The molecule has 1 N–H and O–H groups in total. The first-order chi connectivity index (χ1) is 17.4. The average Bonchev–Trinajstić information content (AvgIpc) is 3.50. The average molecular weight is 507 g/mol. The van der Waals surface area contributed by atoms with Gasteiger partial charge in [-0.3, -0.25) is 14.5 Å². The van der Waals surface area contributed by atoms with Crippen molar-refractivity contribution in [2.75, 3.05) is 24.7 Å². The van der Waals surface area contributed by atoms with Crippen molar-refractivity contribution in [2.45, 2.75) is 26.3 Å². The Morgan fingerprint density at radius 2 is 1.97 bits per heavy atom. The van der Waals surface area contributed by atoms with Gasteiger partial charge in [0, 0.05) is 17.1 Å². The second kappa shape index (κ2) is 10.0. The minimum Gasteiger partial charge on any atom is -0.507 e. The van der Waals surface area contributed by atoms with E-state index in [1.165, 1.54) is 16.2 Å². The van der Waals surface area contributed by atoms with Crippen molar-refractivity contribution in [1.29, 1.82) is 0 Å². The maximum absolute atomic E-state index is 13.3. The molecule has 5 rings (SSSR count). The van der Waals surface area contributed by atoms with Crippen molar-refractivity contribution in [2.24, 2.45) is 5.92 Å². The first-order valence-electron chi connectivity index (χ1n) is 11.8. The number of thiazole rings is 1. The Morgan fingerprint density at radius 1 is 1.17 bits per heavy atom. The summed E-state index contributed by atoms with van der Waals surface area (Å²) in [6.45, 7) is 5.62. The summed E-state index contributed by atoms with van der Waals surface area (Å²) < 4.78 is 17.1. The standard InChI is InChI=1S/C27H26N2O6S/c1-16(2)8-10-33-19-5-3-4-17(14-19)23-22(25(31)26(32)29(23)27-28-9-13-36-27)24(30)18-6-7-20-21(15-18)35-12-11-34-20/h3-7,9,13-16,23,30H,8,10-12H2,1-2H3/b24-22+. The van der Waals surface area contributed by atoms with Gasteiger partial charge in [-0.1, -0.05) is 26.0 Å². The normalized spacial score (nSPS) is 18.6. The summed E-state index contributed by atoms with van der Waals surface area (Å²) in [6, 6.07) is 11.3. The third kappa shape index (κ3) is 4.54. The van der Waals surface area contributed by atoms with Crippen molar-refractivity contribution in [3.05, 3.63) is 70.7 Å². The molecule has 1 atom stereocenters. The maximum Gasteiger partial charge on any atom is 0.301 e. The van der Waals surface area contributed by atoms with E-state index < -0.39 is 17.7 Å². The fraction of sp³-hybridized carbons (Fsp3) is 0.296. The van der Waals surface area contributed by atoms with Gasteiger partial charge in [-0.05, 0) is 48.2 Å². The van der Waals surface area contributed by atoms with Crippen LogP contribution in [0.15, 0.2) is 59.6 Å². The molecule has 186 valence electrons. The first-order valence-corrected chi connectivity index (χ1v) is 12.6. The van der Waals surface area contributed by atoms with E-state index in [2.05, 4.69) is 18.8 Å². The highest BCUT2D eigenvalue weighted by molar-refractivity contribution is 7.14. The van der Waals surface area contributed by atoms with E-state index in [0.29, 0.717) is 59.2 Å². The number of Topliss-reactive ketones (excluding diaryl/α,β-unsaturated/α-hetero) is 1. The lowest BCUT2D eigenvalue weighted by atomic mass is 9.95. The molecule has 0 radical (unpaired) electrons. The monoisotopic (exact) mass is 506 g/mol. The number of fused-ring (bicyclic) bond motifs is 1. The quantitative estimate of drug-likeness (QED) is 0.275. The predicted molar refractivity (Wildman–Crippen MR) is 136 cm³/mol. The van der Waals surface area contributed by atoms with Gasteiger partial charge in [-0.25, -0.2) is 4.98 Å². The summed E-state index contributed by atoms with van der Waals surface area (Å²) in [5.74, 6) is 0.322. The Kier molecular flexibility index (Phi) is 6.65. The zero-order valence-electron chi connectivity index (χ0n) is 20.0. The molecule has 1 saturated heterocycles. The van der Waals surface area contributed by atoms with Gasteiger partial charge in [-0.2, -0.15) is 0 Å². The fourth-order valence-electron chi connectivity index (χ4n) is 4.21. The van der Waals surface area contributed by atoms with Crippen molar-refractivity contribution in [3.63, 3.8) is 0 Å². The molecule has 2 aliphatic heterocycles. The number of amides is 1. The van der Waals surface area contributed by atoms with E-state index in [1.54, 1.807) is 35.8 Å². The molecule has 3 aromatic rings. The number of benzene rings is 2. The first kappa shape index (κ1) is 23.9. The number of ether oxygens (including phenoxy) is 3. The van der Waals surface area contributed by atoms with Crippen LogP contribution in [0.4, 0.5) is 5.13 Å². The van der Waals surface area contributed by atoms with Crippen LogP contribution < -0.4 is 19.1 Å². The molecule has 1 aromatic heterocycles. The van der Waals surface area contributed by atoms with Crippen molar-refractivity contribution in [3.8, 4) is 17.2 Å². The molecule has 0 saturated carbocycles. The minimum atomic E-state index is -0.877. The minimum absolute atomic E-state index is 0.0220. The molecule has 1 amide bonds. The molecule has 3 heterocycles. The predicted octanol–water partition coefficient (Wildman–Crippen LogP) is 4.97. The zero-order valence-corrected chi connectivity index (χ0v) is 20.8. The Balaban J connectivity index is 1.60. The van der Waals surface area contributed by atoms with Crippen LogP contribution in [-0.4, -0.2) is 41.6 Å². The number of aliphatic hydroxyl groups is 1. The SMILES string of the molecule is CC(C)CCOc1cccc(C2/C(=C(\O)c3ccc4c(c3)OCCO4)C(=O)C(=O)N2c2nccs2)c1. The topological polar surface area (TPSA) is 98.2 Å². The van der Waals surface area contributed by atoms with Crippen LogP contribution in [0.25, 0.3) is 5.76 Å². The lowest BCUT2D eigenvalue weighted by Crippen LogP contribution is -2.29. The zero-order chi connectivity index (χ0) is 25.2. The summed E-state index contributed by atoms with van der Waals surface area (Å²) in [7, 11) is 0. The molecule has 2 aromatic carbocycles. The van der Waals surface area contributed by atoms with Gasteiger partial charge in [0.05, 0.1) is 18.2 Å². The van der Waals surface area contributed by atoms with E-state index in [4.69, 9.17) is 14.2 Å². The summed E-state index contributed by atoms with van der Waals surface area (Å²) in [5, 5.41) is 13.5. The van der Waals surface area contributed by atoms with Crippen molar-refractivity contribution >= 4 is 33.9 Å². The van der Waals surface area contributed by atoms with Crippen molar-refractivity contribution in [1.82, 2.24) is 4.98 Å². The number of nitrogens with zero attached hydrogens (tertiary/aromatic N) is 2. The lowest BCUT2D eigenvalue weighted by molar-refractivity contribution is -0.132. The Morgan fingerprint density at radius 3 is 2.72 bits per heavy atom. The van der Waals surface area contributed by atoms with Gasteiger partial charge in [0.1, 0.15) is 24.7 Å². The van der Waals surface area contributed by atoms with Crippen molar-refractivity contribution < 1.29 is 28.9 Å². The lowest BCUT2D eigenvalue weighted by Gasteiger charge is -2.24. The number of carbonyl (C=O) groups excluding carboxylic acids is 2. The second-order valence-electron chi connectivity index (χ2n) is 8.95. The van der Waals surface area contributed by atoms with Crippen LogP contribution in [0, 0.1) is 5.92 Å². The third-order valence-electron chi connectivity index (χ3n) is 6.02. The van der Waals surface area contributed by atoms with Gasteiger partial charge < -0.3 is 19.3 Å². The number of hydrogen-bond donors (Lipinski definition) is 1. The molecule has 1 fully saturated rings. The molecular weight excluding hydrogens is 480 g/mol. The van der Waals surface area contributed by atoms with Crippen LogP contribution in [-0.2, 0) is 9.59 Å². The molecule has 2 aliphatic rings. The summed E-state index contributed by atoms with van der Waals surface area (Å²) in [5.41, 5.74) is 0.961. The molecule has 0 bridgehead atoms. The molecule has 36 heavy (non-hydrogen) atoms. The number of hydrogen-bond acceptors (Lipinski definition) is 8. The Hall–Kier alpha value is -3.85. The Bertz CT molecular complexity index is 1320. The molecule has 0 spiro atoms. The number of aromatic nitrogens is 1. The number of carbonyl (C=O) groups is 2. The van der Waals surface area contributed by atoms with E-state index in [0.717, 1.165) is 6.42 Å². The number of ketones is 1.